The van der Waals surface area contributed by atoms with Crippen LogP contribution in [0.25, 0.3) is 0 Å². The van der Waals surface area contributed by atoms with Gasteiger partial charge in [0, 0.05) is 6.54 Å². The molecule has 1 aliphatic carbocycles. The van der Waals surface area contributed by atoms with E-state index in [1.165, 1.54) is 37.7 Å². The molecule has 0 aromatic heterocycles. The van der Waals surface area contributed by atoms with Gasteiger partial charge in [-0.25, -0.2) is 0 Å². The van der Waals surface area contributed by atoms with Crippen LogP contribution in [-0.2, 0) is 6.42 Å². The van der Waals surface area contributed by atoms with Crippen LogP contribution in [0.1, 0.15) is 57.6 Å². The number of aryl methyl sites for hydroxylation is 1. The van der Waals surface area contributed by atoms with Crippen molar-refractivity contribution in [2.24, 2.45) is 16.7 Å². The third-order valence-electron chi connectivity index (χ3n) is 5.65. The number of rotatable bonds is 4. The monoisotopic (exact) mass is 287 g/mol. The van der Waals surface area contributed by atoms with E-state index in [0.717, 1.165) is 12.5 Å². The van der Waals surface area contributed by atoms with Gasteiger partial charge >= 0.3 is 0 Å². The summed E-state index contributed by atoms with van der Waals surface area (Å²) in [6.45, 7) is 10.6. The minimum absolute atomic E-state index is 0.461. The standard InChI is InChI=1S/C20H33N/c1-16-8-6-7-9-17(16)14-20(15-21-5)12-10-18(11-13-20)19(2,3)4/h6-9,18,21H,10-15H2,1-5H3. The number of hydrogen-bond donors (Lipinski definition) is 1. The topological polar surface area (TPSA) is 12.0 Å². The van der Waals surface area contributed by atoms with Gasteiger partial charge in [-0.15, -0.1) is 0 Å². The molecule has 1 nitrogen and oxygen atoms in total. The lowest BCUT2D eigenvalue weighted by atomic mass is 9.62. The summed E-state index contributed by atoms with van der Waals surface area (Å²) in [5.41, 5.74) is 3.92. The molecule has 1 aromatic rings. The van der Waals surface area contributed by atoms with Crippen LogP contribution in [0.15, 0.2) is 24.3 Å². The third-order valence-corrected chi connectivity index (χ3v) is 5.65. The average Bonchev–Trinajstić information content (AvgIpc) is 2.41. The lowest BCUT2D eigenvalue weighted by molar-refractivity contribution is 0.0876. The fraction of sp³-hybridized carbons (Fsp3) is 0.700. The molecule has 0 aliphatic heterocycles. The quantitative estimate of drug-likeness (QED) is 0.823. The van der Waals surface area contributed by atoms with Crippen LogP contribution < -0.4 is 5.32 Å². The molecule has 118 valence electrons. The molecule has 0 radical (unpaired) electrons. The maximum atomic E-state index is 3.47. The first-order valence-electron chi connectivity index (χ1n) is 8.55. The molecule has 0 unspecified atom stereocenters. The minimum Gasteiger partial charge on any atom is -0.319 e. The average molecular weight is 287 g/mol. The van der Waals surface area contributed by atoms with Crippen LogP contribution in [0.4, 0.5) is 0 Å². The molecule has 21 heavy (non-hydrogen) atoms. The summed E-state index contributed by atoms with van der Waals surface area (Å²) in [7, 11) is 2.11. The van der Waals surface area contributed by atoms with E-state index < -0.39 is 0 Å². The Bertz CT molecular complexity index is 447. The summed E-state index contributed by atoms with van der Waals surface area (Å²) in [5.74, 6) is 0.888. The Labute approximate surface area is 131 Å². The molecule has 0 spiro atoms. The molecule has 2 rings (SSSR count). The van der Waals surface area contributed by atoms with E-state index in [1.807, 2.05) is 0 Å². The fourth-order valence-corrected chi connectivity index (χ4v) is 4.10. The van der Waals surface area contributed by atoms with Crippen LogP contribution in [0.3, 0.4) is 0 Å². The van der Waals surface area contributed by atoms with Gasteiger partial charge in [0.15, 0.2) is 0 Å². The molecule has 1 N–H and O–H groups in total. The van der Waals surface area contributed by atoms with Crippen LogP contribution >= 0.6 is 0 Å². The van der Waals surface area contributed by atoms with Gasteiger partial charge in [0.25, 0.3) is 0 Å². The fourth-order valence-electron chi connectivity index (χ4n) is 4.10. The second-order valence-electron chi connectivity index (χ2n) is 8.27. The maximum absolute atomic E-state index is 3.47. The molecule has 0 bridgehead atoms. The van der Waals surface area contributed by atoms with E-state index in [0.29, 0.717) is 10.8 Å². The van der Waals surface area contributed by atoms with Crippen molar-refractivity contribution in [2.75, 3.05) is 13.6 Å². The molecular weight excluding hydrogens is 254 g/mol. The van der Waals surface area contributed by atoms with Crippen molar-refractivity contribution in [1.29, 1.82) is 0 Å². The van der Waals surface area contributed by atoms with Gasteiger partial charge in [0.05, 0.1) is 0 Å². The third kappa shape index (κ3) is 4.10. The molecule has 1 aromatic carbocycles. The second kappa shape index (κ2) is 6.52. The number of nitrogens with one attached hydrogen (secondary N) is 1. The van der Waals surface area contributed by atoms with Crippen molar-refractivity contribution in [2.45, 2.75) is 59.8 Å². The van der Waals surface area contributed by atoms with Crippen molar-refractivity contribution in [3.63, 3.8) is 0 Å². The first-order valence-corrected chi connectivity index (χ1v) is 8.55. The van der Waals surface area contributed by atoms with E-state index in [-0.39, 0.29) is 0 Å². The predicted molar refractivity (Wildman–Crippen MR) is 92.7 cm³/mol. The molecule has 1 aliphatic rings. The molecule has 0 saturated heterocycles. The highest BCUT2D eigenvalue weighted by atomic mass is 14.8. The largest absolute Gasteiger partial charge is 0.319 e. The van der Waals surface area contributed by atoms with Crippen molar-refractivity contribution in [1.82, 2.24) is 5.32 Å². The van der Waals surface area contributed by atoms with Gasteiger partial charge in [-0.05, 0) is 74.0 Å². The lowest BCUT2D eigenvalue weighted by Crippen LogP contribution is -2.40. The first kappa shape index (κ1) is 16.5. The Balaban J connectivity index is 2.11. The Hall–Kier alpha value is -0.820. The predicted octanol–water partition coefficient (Wildman–Crippen LogP) is 4.98. The Morgan fingerprint density at radius 3 is 2.29 bits per heavy atom. The Morgan fingerprint density at radius 2 is 1.76 bits per heavy atom. The molecule has 1 heteroatoms. The molecule has 0 heterocycles. The zero-order valence-corrected chi connectivity index (χ0v) is 14.6. The van der Waals surface area contributed by atoms with Gasteiger partial charge in [-0.1, -0.05) is 45.0 Å². The van der Waals surface area contributed by atoms with E-state index in [4.69, 9.17) is 0 Å². The van der Waals surface area contributed by atoms with Crippen molar-refractivity contribution in [3.05, 3.63) is 35.4 Å². The summed E-state index contributed by atoms with van der Waals surface area (Å²) in [6.07, 6.45) is 6.74. The summed E-state index contributed by atoms with van der Waals surface area (Å²) < 4.78 is 0. The summed E-state index contributed by atoms with van der Waals surface area (Å²) in [5, 5.41) is 3.47. The highest BCUT2D eigenvalue weighted by Gasteiger charge is 2.38. The van der Waals surface area contributed by atoms with Crippen molar-refractivity contribution >= 4 is 0 Å². The molecule has 0 atom stereocenters. The molecular formula is C20H33N. The first-order chi connectivity index (χ1) is 9.86. The maximum Gasteiger partial charge on any atom is 0.000800 e. The van der Waals surface area contributed by atoms with Crippen LogP contribution in [0.2, 0.25) is 0 Å². The van der Waals surface area contributed by atoms with E-state index in [2.05, 4.69) is 64.3 Å². The normalized spacial score (nSPS) is 26.8. The Morgan fingerprint density at radius 1 is 1.14 bits per heavy atom. The van der Waals surface area contributed by atoms with E-state index in [1.54, 1.807) is 5.56 Å². The van der Waals surface area contributed by atoms with Crippen molar-refractivity contribution < 1.29 is 0 Å². The highest BCUT2D eigenvalue weighted by Crippen LogP contribution is 2.46. The summed E-state index contributed by atoms with van der Waals surface area (Å²) >= 11 is 0. The Kier molecular flexibility index (Phi) is 5.14. The van der Waals surface area contributed by atoms with Crippen LogP contribution in [0.5, 0.6) is 0 Å². The van der Waals surface area contributed by atoms with Gasteiger partial charge in [-0.3, -0.25) is 0 Å². The van der Waals surface area contributed by atoms with Gasteiger partial charge < -0.3 is 5.32 Å². The zero-order chi connectivity index (χ0) is 15.5. The zero-order valence-electron chi connectivity index (χ0n) is 14.6. The minimum atomic E-state index is 0.461. The SMILES string of the molecule is CNCC1(Cc2ccccc2C)CCC(C(C)(C)C)CC1. The van der Waals surface area contributed by atoms with E-state index in [9.17, 15) is 0 Å². The highest BCUT2D eigenvalue weighted by molar-refractivity contribution is 5.27. The van der Waals surface area contributed by atoms with Crippen LogP contribution in [-0.4, -0.2) is 13.6 Å². The van der Waals surface area contributed by atoms with Gasteiger partial charge in [-0.2, -0.15) is 0 Å². The number of benzene rings is 1. The van der Waals surface area contributed by atoms with Crippen molar-refractivity contribution in [3.8, 4) is 0 Å². The van der Waals surface area contributed by atoms with Gasteiger partial charge in [0.2, 0.25) is 0 Å². The molecule has 1 fully saturated rings. The number of hydrogen-bond acceptors (Lipinski definition) is 1. The lowest BCUT2D eigenvalue weighted by Gasteiger charge is -2.44. The smallest absolute Gasteiger partial charge is 0.000800 e. The summed E-state index contributed by atoms with van der Waals surface area (Å²) in [4.78, 5) is 0. The second-order valence-corrected chi connectivity index (χ2v) is 8.27. The van der Waals surface area contributed by atoms with E-state index >= 15 is 0 Å². The van der Waals surface area contributed by atoms with Gasteiger partial charge in [0.1, 0.15) is 0 Å². The molecule has 1 saturated carbocycles. The molecule has 0 amide bonds. The van der Waals surface area contributed by atoms with Crippen LogP contribution in [0, 0.1) is 23.7 Å². The summed E-state index contributed by atoms with van der Waals surface area (Å²) in [6, 6.07) is 8.92.